The summed E-state index contributed by atoms with van der Waals surface area (Å²) in [6.07, 6.45) is 0. The summed E-state index contributed by atoms with van der Waals surface area (Å²) in [5, 5.41) is 3.44. The lowest BCUT2D eigenvalue weighted by molar-refractivity contribution is 0.174. The fourth-order valence-electron chi connectivity index (χ4n) is 1.80. The van der Waals surface area contributed by atoms with Crippen molar-refractivity contribution in [1.29, 1.82) is 0 Å². The van der Waals surface area contributed by atoms with Crippen LogP contribution in [0.25, 0.3) is 0 Å². The highest BCUT2D eigenvalue weighted by molar-refractivity contribution is 7.99. The van der Waals surface area contributed by atoms with E-state index in [1.54, 1.807) is 7.11 Å². The number of methoxy groups -OCH3 is 1. The summed E-state index contributed by atoms with van der Waals surface area (Å²) in [4.78, 5) is 1.33. The topological polar surface area (TPSA) is 21.3 Å². The normalized spacial score (nSPS) is 12.9. The van der Waals surface area contributed by atoms with Crippen LogP contribution in [-0.2, 0) is 4.74 Å². The summed E-state index contributed by atoms with van der Waals surface area (Å²) in [5.41, 5.74) is 1.40. The Morgan fingerprint density at radius 3 is 2.39 bits per heavy atom. The molecule has 0 aromatic heterocycles. The maximum atomic E-state index is 5.22. The van der Waals surface area contributed by atoms with E-state index in [4.69, 9.17) is 4.74 Å². The molecule has 0 heterocycles. The molecule has 1 atom stereocenters. The highest BCUT2D eigenvalue weighted by Crippen LogP contribution is 2.22. The fourth-order valence-corrected chi connectivity index (χ4v) is 2.74. The monoisotopic (exact) mass is 267 g/mol. The van der Waals surface area contributed by atoms with Gasteiger partial charge in [0.25, 0.3) is 0 Å². The molecule has 0 amide bonds. The third-order valence-corrected chi connectivity index (χ3v) is 4.03. The van der Waals surface area contributed by atoms with E-state index >= 15 is 0 Å². The molecule has 0 aliphatic rings. The second-order valence-electron chi connectivity index (χ2n) is 4.74. The zero-order chi connectivity index (χ0) is 13.4. The highest BCUT2D eigenvalue weighted by Gasteiger charge is 2.07. The van der Waals surface area contributed by atoms with Crippen LogP contribution in [0, 0.1) is 0 Å². The summed E-state index contributed by atoms with van der Waals surface area (Å²) in [7, 11) is 1.76. The lowest BCUT2D eigenvalue weighted by Gasteiger charge is -2.16. The van der Waals surface area contributed by atoms with Crippen LogP contribution in [0.2, 0.25) is 0 Å². The van der Waals surface area contributed by atoms with Crippen molar-refractivity contribution in [3.8, 4) is 0 Å². The predicted molar refractivity (Wildman–Crippen MR) is 80.6 cm³/mol. The second kappa shape index (κ2) is 8.57. The third kappa shape index (κ3) is 5.42. The molecule has 1 aromatic carbocycles. The second-order valence-corrected chi connectivity index (χ2v) is 5.84. The van der Waals surface area contributed by atoms with Crippen LogP contribution in [0.15, 0.2) is 29.2 Å². The zero-order valence-electron chi connectivity index (χ0n) is 11.9. The number of rotatable bonds is 8. The van der Waals surface area contributed by atoms with Crippen molar-refractivity contribution in [1.82, 2.24) is 5.32 Å². The quantitative estimate of drug-likeness (QED) is 0.728. The molecule has 0 saturated heterocycles. The SMILES string of the molecule is CCNC(COC)CSc1ccc(C(C)C)cc1. The van der Waals surface area contributed by atoms with Gasteiger partial charge in [0.05, 0.1) is 6.61 Å². The Bertz CT molecular complexity index is 318. The molecule has 0 radical (unpaired) electrons. The Morgan fingerprint density at radius 2 is 1.89 bits per heavy atom. The first-order chi connectivity index (χ1) is 8.67. The van der Waals surface area contributed by atoms with Gasteiger partial charge in [0.15, 0.2) is 0 Å². The van der Waals surface area contributed by atoms with Gasteiger partial charge in [-0.15, -0.1) is 11.8 Å². The van der Waals surface area contributed by atoms with Crippen LogP contribution in [0.1, 0.15) is 32.3 Å². The summed E-state index contributed by atoms with van der Waals surface area (Å²) < 4.78 is 5.22. The van der Waals surface area contributed by atoms with Gasteiger partial charge >= 0.3 is 0 Å². The van der Waals surface area contributed by atoms with Crippen molar-refractivity contribution in [3.05, 3.63) is 29.8 Å². The molecule has 3 heteroatoms. The molecule has 18 heavy (non-hydrogen) atoms. The van der Waals surface area contributed by atoms with Gasteiger partial charge in [0.2, 0.25) is 0 Å². The van der Waals surface area contributed by atoms with E-state index in [9.17, 15) is 0 Å². The van der Waals surface area contributed by atoms with E-state index in [1.165, 1.54) is 10.5 Å². The molecule has 0 bridgehead atoms. The number of likely N-dealkylation sites (N-methyl/N-ethyl adjacent to an activating group) is 1. The van der Waals surface area contributed by atoms with Gasteiger partial charge in [0, 0.05) is 23.8 Å². The minimum absolute atomic E-state index is 0.426. The van der Waals surface area contributed by atoms with Crippen molar-refractivity contribution in [3.63, 3.8) is 0 Å². The van der Waals surface area contributed by atoms with Gasteiger partial charge in [0.1, 0.15) is 0 Å². The van der Waals surface area contributed by atoms with Crippen molar-refractivity contribution in [2.75, 3.05) is 26.0 Å². The summed E-state index contributed by atoms with van der Waals surface area (Å²) in [6.45, 7) is 8.33. The van der Waals surface area contributed by atoms with Crippen LogP contribution < -0.4 is 5.32 Å². The van der Waals surface area contributed by atoms with Gasteiger partial charge in [-0.2, -0.15) is 0 Å². The molecule has 2 nitrogen and oxygen atoms in total. The third-order valence-electron chi connectivity index (χ3n) is 2.86. The largest absolute Gasteiger partial charge is 0.383 e. The lowest BCUT2D eigenvalue weighted by Crippen LogP contribution is -2.35. The standard InChI is InChI=1S/C15H25NOS/c1-5-16-14(10-17-4)11-18-15-8-6-13(7-9-15)12(2)3/h6-9,12,14,16H,5,10-11H2,1-4H3. The van der Waals surface area contributed by atoms with E-state index in [0.29, 0.717) is 12.0 Å². The number of ether oxygens (including phenoxy) is 1. The van der Waals surface area contributed by atoms with Crippen LogP contribution in [0.5, 0.6) is 0 Å². The Morgan fingerprint density at radius 1 is 1.22 bits per heavy atom. The molecule has 0 aliphatic heterocycles. The van der Waals surface area contributed by atoms with E-state index < -0.39 is 0 Å². The molecular weight excluding hydrogens is 242 g/mol. The van der Waals surface area contributed by atoms with Crippen molar-refractivity contribution < 1.29 is 4.74 Å². The Kier molecular flexibility index (Phi) is 7.40. The summed E-state index contributed by atoms with van der Waals surface area (Å²) in [5.74, 6) is 1.65. The lowest BCUT2D eigenvalue weighted by atomic mass is 10.0. The Labute approximate surface area is 116 Å². The van der Waals surface area contributed by atoms with Crippen LogP contribution in [0.3, 0.4) is 0 Å². The van der Waals surface area contributed by atoms with Gasteiger partial charge in [-0.05, 0) is 30.2 Å². The molecule has 0 spiro atoms. The Hall–Kier alpha value is -0.510. The molecular formula is C15H25NOS. The molecule has 1 aromatic rings. The minimum atomic E-state index is 0.426. The molecule has 102 valence electrons. The van der Waals surface area contributed by atoms with Gasteiger partial charge in [-0.1, -0.05) is 32.9 Å². The Balaban J connectivity index is 2.46. The number of thioether (sulfide) groups is 1. The maximum Gasteiger partial charge on any atom is 0.0624 e. The highest BCUT2D eigenvalue weighted by atomic mass is 32.2. The average Bonchev–Trinajstić information content (AvgIpc) is 2.37. The van der Waals surface area contributed by atoms with Crippen molar-refractivity contribution in [2.24, 2.45) is 0 Å². The van der Waals surface area contributed by atoms with Crippen LogP contribution in [0.4, 0.5) is 0 Å². The summed E-state index contributed by atoms with van der Waals surface area (Å²) in [6, 6.07) is 9.32. The van der Waals surface area contributed by atoms with E-state index in [0.717, 1.165) is 18.9 Å². The van der Waals surface area contributed by atoms with Gasteiger partial charge in [-0.3, -0.25) is 0 Å². The molecule has 0 aliphatic carbocycles. The molecule has 0 saturated carbocycles. The first-order valence-electron chi connectivity index (χ1n) is 6.62. The number of hydrogen-bond acceptors (Lipinski definition) is 3. The van der Waals surface area contributed by atoms with Gasteiger partial charge in [-0.25, -0.2) is 0 Å². The number of benzene rings is 1. The van der Waals surface area contributed by atoms with Crippen molar-refractivity contribution >= 4 is 11.8 Å². The first kappa shape index (κ1) is 15.5. The van der Waals surface area contributed by atoms with E-state index in [-0.39, 0.29) is 0 Å². The fraction of sp³-hybridized carbons (Fsp3) is 0.600. The van der Waals surface area contributed by atoms with Crippen LogP contribution >= 0.6 is 11.8 Å². The zero-order valence-corrected chi connectivity index (χ0v) is 12.7. The first-order valence-corrected chi connectivity index (χ1v) is 7.61. The maximum absolute atomic E-state index is 5.22. The smallest absolute Gasteiger partial charge is 0.0624 e. The van der Waals surface area contributed by atoms with Crippen LogP contribution in [-0.4, -0.2) is 32.1 Å². The van der Waals surface area contributed by atoms with E-state index in [1.807, 2.05) is 11.8 Å². The van der Waals surface area contributed by atoms with Gasteiger partial charge < -0.3 is 10.1 Å². The molecule has 1 rings (SSSR count). The molecule has 0 fully saturated rings. The van der Waals surface area contributed by atoms with E-state index in [2.05, 4.69) is 50.4 Å². The number of hydrogen-bond donors (Lipinski definition) is 1. The average molecular weight is 267 g/mol. The molecule has 1 N–H and O–H groups in total. The number of nitrogens with one attached hydrogen (secondary N) is 1. The predicted octanol–water partition coefficient (Wildman–Crippen LogP) is 3.53. The minimum Gasteiger partial charge on any atom is -0.383 e. The summed E-state index contributed by atoms with van der Waals surface area (Å²) >= 11 is 1.89. The van der Waals surface area contributed by atoms with Crippen molar-refractivity contribution in [2.45, 2.75) is 37.6 Å². The molecule has 1 unspecified atom stereocenters.